The van der Waals surface area contributed by atoms with Gasteiger partial charge in [-0.25, -0.2) is 0 Å². The monoisotopic (exact) mass is 282 g/mol. The molecule has 0 unspecified atom stereocenters. The summed E-state index contributed by atoms with van der Waals surface area (Å²) in [6.45, 7) is 2.28. The maximum absolute atomic E-state index is 10.9. The molecule has 2 heteroatoms. The van der Waals surface area contributed by atoms with Crippen molar-refractivity contribution in [3.8, 4) is 5.75 Å². The first-order valence-corrected chi connectivity index (χ1v) is 7.94. The lowest BCUT2D eigenvalue weighted by Crippen LogP contribution is -2.23. The zero-order chi connectivity index (χ0) is 14.7. The van der Waals surface area contributed by atoms with Gasteiger partial charge in [-0.05, 0) is 60.6 Å². The number of rotatable bonds is 4. The zero-order valence-corrected chi connectivity index (χ0v) is 12.5. The third kappa shape index (κ3) is 3.26. The minimum Gasteiger partial charge on any atom is -0.490 e. The van der Waals surface area contributed by atoms with E-state index < -0.39 is 0 Å². The lowest BCUT2D eigenvalue weighted by molar-refractivity contribution is 0.112. The van der Waals surface area contributed by atoms with E-state index in [-0.39, 0.29) is 0 Å². The van der Waals surface area contributed by atoms with Gasteiger partial charge in [0.2, 0.25) is 0 Å². The Morgan fingerprint density at radius 3 is 2.52 bits per heavy atom. The van der Waals surface area contributed by atoms with Gasteiger partial charge < -0.3 is 4.74 Å². The van der Waals surface area contributed by atoms with E-state index in [1.807, 2.05) is 30.3 Å². The second kappa shape index (κ2) is 6.30. The molecule has 1 saturated carbocycles. The van der Waals surface area contributed by atoms with Crippen LogP contribution in [0.25, 0.3) is 10.8 Å². The standard InChI is InChI=1S/C19H22O2/c1-2-14-4-8-18(9-5-14)21-19-10-7-16-6-3-15(13-20)11-17(16)12-19/h3,6-7,10-14,18H,2,4-5,8-9H2,1H3. The van der Waals surface area contributed by atoms with Crippen LogP contribution in [0.2, 0.25) is 0 Å². The lowest BCUT2D eigenvalue weighted by Gasteiger charge is -2.28. The van der Waals surface area contributed by atoms with Gasteiger partial charge >= 0.3 is 0 Å². The van der Waals surface area contributed by atoms with E-state index >= 15 is 0 Å². The number of carbonyl (C=O) groups excluding carboxylic acids is 1. The molecule has 0 N–H and O–H groups in total. The average molecular weight is 282 g/mol. The summed E-state index contributed by atoms with van der Waals surface area (Å²) in [7, 11) is 0. The number of carbonyl (C=O) groups is 1. The molecule has 0 amide bonds. The van der Waals surface area contributed by atoms with Crippen molar-refractivity contribution in [3.05, 3.63) is 42.0 Å². The Hall–Kier alpha value is -1.83. The molecule has 0 saturated heterocycles. The van der Waals surface area contributed by atoms with Crippen molar-refractivity contribution in [2.75, 3.05) is 0 Å². The summed E-state index contributed by atoms with van der Waals surface area (Å²) in [6, 6.07) is 11.9. The predicted molar refractivity (Wildman–Crippen MR) is 86.0 cm³/mol. The number of hydrogen-bond acceptors (Lipinski definition) is 2. The van der Waals surface area contributed by atoms with E-state index in [9.17, 15) is 4.79 Å². The highest BCUT2D eigenvalue weighted by molar-refractivity contribution is 5.89. The Morgan fingerprint density at radius 1 is 1.05 bits per heavy atom. The van der Waals surface area contributed by atoms with Crippen LogP contribution in [-0.2, 0) is 0 Å². The third-order valence-corrected chi connectivity index (χ3v) is 4.65. The molecule has 1 aliphatic rings. The molecular formula is C19H22O2. The molecule has 0 aliphatic heterocycles. The van der Waals surface area contributed by atoms with E-state index in [4.69, 9.17) is 4.74 Å². The first-order chi connectivity index (χ1) is 10.3. The molecule has 0 bridgehead atoms. The van der Waals surface area contributed by atoms with Gasteiger partial charge in [-0.3, -0.25) is 4.79 Å². The number of benzene rings is 2. The number of hydrogen-bond donors (Lipinski definition) is 0. The molecule has 0 radical (unpaired) electrons. The van der Waals surface area contributed by atoms with Gasteiger partial charge in [-0.15, -0.1) is 0 Å². The Kier molecular flexibility index (Phi) is 4.23. The molecule has 21 heavy (non-hydrogen) atoms. The largest absolute Gasteiger partial charge is 0.490 e. The molecule has 2 aromatic rings. The summed E-state index contributed by atoms with van der Waals surface area (Å²) in [6.07, 6.45) is 7.40. The Balaban J connectivity index is 1.73. The van der Waals surface area contributed by atoms with Crippen LogP contribution in [0.1, 0.15) is 49.4 Å². The first-order valence-electron chi connectivity index (χ1n) is 7.94. The van der Waals surface area contributed by atoms with Crippen LogP contribution in [0.4, 0.5) is 0 Å². The van der Waals surface area contributed by atoms with Gasteiger partial charge in [-0.2, -0.15) is 0 Å². The normalized spacial score (nSPS) is 22.1. The summed E-state index contributed by atoms with van der Waals surface area (Å²) in [5.41, 5.74) is 0.711. The van der Waals surface area contributed by atoms with E-state index in [0.29, 0.717) is 11.7 Å². The molecule has 0 atom stereocenters. The van der Waals surface area contributed by atoms with Crippen LogP contribution in [0, 0.1) is 5.92 Å². The van der Waals surface area contributed by atoms with Gasteiger partial charge in [0.05, 0.1) is 6.10 Å². The van der Waals surface area contributed by atoms with Crippen molar-refractivity contribution < 1.29 is 9.53 Å². The van der Waals surface area contributed by atoms with Crippen molar-refractivity contribution in [1.29, 1.82) is 0 Å². The molecule has 3 rings (SSSR count). The molecule has 1 aliphatic carbocycles. The molecule has 0 heterocycles. The Morgan fingerprint density at radius 2 is 1.81 bits per heavy atom. The van der Waals surface area contributed by atoms with E-state index in [1.165, 1.54) is 19.3 Å². The SMILES string of the molecule is CCC1CCC(Oc2ccc3ccc(C=O)cc3c2)CC1. The molecular weight excluding hydrogens is 260 g/mol. The quantitative estimate of drug-likeness (QED) is 0.738. The predicted octanol–water partition coefficient (Wildman–Crippen LogP) is 5.00. The minimum absolute atomic E-state index is 0.347. The van der Waals surface area contributed by atoms with E-state index in [0.717, 1.165) is 41.6 Å². The fourth-order valence-corrected chi connectivity index (χ4v) is 3.24. The van der Waals surface area contributed by atoms with E-state index in [1.54, 1.807) is 0 Å². The van der Waals surface area contributed by atoms with Crippen molar-refractivity contribution in [3.63, 3.8) is 0 Å². The third-order valence-electron chi connectivity index (χ3n) is 4.65. The second-order valence-electron chi connectivity index (χ2n) is 6.06. The number of fused-ring (bicyclic) bond motifs is 1. The topological polar surface area (TPSA) is 26.3 Å². The lowest BCUT2D eigenvalue weighted by atomic mass is 9.86. The van der Waals surface area contributed by atoms with E-state index in [2.05, 4.69) is 13.0 Å². The van der Waals surface area contributed by atoms with Gasteiger partial charge in [-0.1, -0.05) is 31.5 Å². The van der Waals surface area contributed by atoms with Gasteiger partial charge in [0.25, 0.3) is 0 Å². The van der Waals surface area contributed by atoms with Crippen LogP contribution in [0.5, 0.6) is 5.75 Å². The van der Waals surface area contributed by atoms with Gasteiger partial charge in [0, 0.05) is 5.56 Å². The molecule has 110 valence electrons. The van der Waals surface area contributed by atoms with Gasteiger partial charge in [0.1, 0.15) is 12.0 Å². The summed E-state index contributed by atoms with van der Waals surface area (Å²) in [5.74, 6) is 1.81. The van der Waals surface area contributed by atoms with Crippen molar-refractivity contribution in [2.45, 2.75) is 45.1 Å². The molecule has 0 spiro atoms. The first kappa shape index (κ1) is 14.1. The van der Waals surface area contributed by atoms with Crippen LogP contribution >= 0.6 is 0 Å². The zero-order valence-electron chi connectivity index (χ0n) is 12.5. The van der Waals surface area contributed by atoms with Crippen molar-refractivity contribution in [1.82, 2.24) is 0 Å². The highest BCUT2D eigenvalue weighted by Crippen LogP contribution is 2.30. The fourth-order valence-electron chi connectivity index (χ4n) is 3.24. The smallest absolute Gasteiger partial charge is 0.150 e. The van der Waals surface area contributed by atoms with Crippen molar-refractivity contribution >= 4 is 17.1 Å². The van der Waals surface area contributed by atoms with Crippen LogP contribution in [0.3, 0.4) is 0 Å². The molecule has 1 fully saturated rings. The maximum Gasteiger partial charge on any atom is 0.150 e. The summed E-state index contributed by atoms with van der Waals surface area (Å²) in [5, 5.41) is 2.21. The number of aldehydes is 1. The Bertz CT molecular complexity index is 624. The second-order valence-corrected chi connectivity index (χ2v) is 6.06. The molecule has 2 aromatic carbocycles. The van der Waals surface area contributed by atoms with Crippen molar-refractivity contribution in [2.24, 2.45) is 5.92 Å². The van der Waals surface area contributed by atoms with Gasteiger partial charge in [0.15, 0.2) is 0 Å². The Labute approximate surface area is 126 Å². The molecule has 2 nitrogen and oxygen atoms in total. The molecule has 0 aromatic heterocycles. The maximum atomic E-state index is 10.9. The number of ether oxygens (including phenoxy) is 1. The fraction of sp³-hybridized carbons (Fsp3) is 0.421. The summed E-state index contributed by atoms with van der Waals surface area (Å²) < 4.78 is 6.14. The summed E-state index contributed by atoms with van der Waals surface area (Å²) in [4.78, 5) is 10.9. The highest BCUT2D eigenvalue weighted by Gasteiger charge is 2.21. The average Bonchev–Trinajstić information content (AvgIpc) is 2.55. The minimum atomic E-state index is 0.347. The van der Waals surface area contributed by atoms with Crippen LogP contribution in [0.15, 0.2) is 36.4 Å². The van der Waals surface area contributed by atoms with Crippen LogP contribution < -0.4 is 4.74 Å². The summed E-state index contributed by atoms with van der Waals surface area (Å²) >= 11 is 0. The highest BCUT2D eigenvalue weighted by atomic mass is 16.5. The van der Waals surface area contributed by atoms with Crippen LogP contribution in [-0.4, -0.2) is 12.4 Å².